The molecule has 0 heterocycles. The number of esters is 1. The van der Waals surface area contributed by atoms with Crippen molar-refractivity contribution in [3.8, 4) is 0 Å². The highest BCUT2D eigenvalue weighted by molar-refractivity contribution is 5.97. The van der Waals surface area contributed by atoms with E-state index in [9.17, 15) is 14.0 Å². The van der Waals surface area contributed by atoms with Crippen LogP contribution in [0.3, 0.4) is 0 Å². The Kier molecular flexibility index (Phi) is 6.98. The molecule has 14 heavy (non-hydrogen) atoms. The van der Waals surface area contributed by atoms with Crippen molar-refractivity contribution in [2.24, 2.45) is 0 Å². The molecule has 1 atom stereocenters. The Morgan fingerprint density at radius 2 is 2.00 bits per heavy atom. The van der Waals surface area contributed by atoms with Crippen LogP contribution in [0.5, 0.6) is 0 Å². The molecule has 0 aliphatic rings. The van der Waals surface area contributed by atoms with E-state index >= 15 is 0 Å². The van der Waals surface area contributed by atoms with Crippen LogP contribution in [0.15, 0.2) is 0 Å². The third-order valence-electron chi connectivity index (χ3n) is 1.78. The third kappa shape index (κ3) is 5.67. The Morgan fingerprint density at radius 1 is 1.36 bits per heavy atom. The Balaban J connectivity index is 3.76. The second-order valence-electron chi connectivity index (χ2n) is 3.06. The lowest BCUT2D eigenvalue weighted by Crippen LogP contribution is -2.20. The molecule has 0 saturated heterocycles. The van der Waals surface area contributed by atoms with Crippen molar-refractivity contribution in [2.45, 2.75) is 45.7 Å². The van der Waals surface area contributed by atoms with Crippen LogP contribution in [0, 0.1) is 0 Å². The molecule has 0 aromatic heterocycles. The van der Waals surface area contributed by atoms with Gasteiger partial charge in [0.2, 0.25) is 0 Å². The molecule has 0 amide bonds. The first-order chi connectivity index (χ1) is 6.61. The average molecular weight is 204 g/mol. The molecule has 0 N–H and O–H groups in total. The van der Waals surface area contributed by atoms with E-state index in [0.29, 0.717) is 6.42 Å². The molecule has 0 bridgehead atoms. The molecule has 1 unspecified atom stereocenters. The first-order valence-electron chi connectivity index (χ1n) is 4.94. The number of rotatable bonds is 7. The molecule has 82 valence electrons. The Hall–Kier alpha value is -0.930. The van der Waals surface area contributed by atoms with E-state index in [1.165, 1.54) is 0 Å². The molecule has 0 fully saturated rings. The molecule has 0 aromatic rings. The number of ether oxygens (including phenoxy) is 1. The summed E-state index contributed by atoms with van der Waals surface area (Å²) in [5, 5.41) is 0. The maximum Gasteiger partial charge on any atom is 0.313 e. The third-order valence-corrected chi connectivity index (χ3v) is 1.78. The van der Waals surface area contributed by atoms with Gasteiger partial charge in [-0.05, 0) is 13.3 Å². The zero-order valence-corrected chi connectivity index (χ0v) is 8.72. The number of unbranched alkanes of at least 4 members (excludes halogenated alkanes) is 1. The highest BCUT2D eigenvalue weighted by Gasteiger charge is 2.20. The van der Waals surface area contributed by atoms with Gasteiger partial charge >= 0.3 is 5.97 Å². The van der Waals surface area contributed by atoms with Gasteiger partial charge in [0.05, 0.1) is 6.61 Å². The summed E-state index contributed by atoms with van der Waals surface area (Å²) in [6.45, 7) is 3.78. The Bertz CT molecular complexity index is 192. The monoisotopic (exact) mass is 204 g/mol. The van der Waals surface area contributed by atoms with Gasteiger partial charge in [-0.2, -0.15) is 0 Å². The highest BCUT2D eigenvalue weighted by Crippen LogP contribution is 2.08. The van der Waals surface area contributed by atoms with E-state index in [-0.39, 0.29) is 13.0 Å². The summed E-state index contributed by atoms with van der Waals surface area (Å²) in [7, 11) is 0. The van der Waals surface area contributed by atoms with Gasteiger partial charge in [-0.25, -0.2) is 4.39 Å². The number of carbonyl (C=O) groups is 2. The normalized spacial score (nSPS) is 12.2. The van der Waals surface area contributed by atoms with Crippen LogP contribution < -0.4 is 0 Å². The Labute approximate surface area is 83.6 Å². The number of Topliss-reactive ketones (excluding diaryl/α,β-unsaturated/α-hetero) is 1. The van der Waals surface area contributed by atoms with Crippen LogP contribution in [0.2, 0.25) is 0 Å². The Morgan fingerprint density at radius 3 is 2.50 bits per heavy atom. The minimum atomic E-state index is -1.51. The highest BCUT2D eigenvalue weighted by atomic mass is 19.1. The largest absolute Gasteiger partial charge is 0.466 e. The van der Waals surface area contributed by atoms with E-state index in [1.807, 2.05) is 6.92 Å². The summed E-state index contributed by atoms with van der Waals surface area (Å²) in [6.07, 6.45) is -0.254. The summed E-state index contributed by atoms with van der Waals surface area (Å²) >= 11 is 0. The van der Waals surface area contributed by atoms with Gasteiger partial charge in [0.25, 0.3) is 0 Å². The summed E-state index contributed by atoms with van der Waals surface area (Å²) in [6, 6.07) is 0. The van der Waals surface area contributed by atoms with Crippen LogP contribution >= 0.6 is 0 Å². The molecule has 3 nitrogen and oxygen atoms in total. The zero-order chi connectivity index (χ0) is 11.0. The van der Waals surface area contributed by atoms with E-state index in [0.717, 1.165) is 6.42 Å². The van der Waals surface area contributed by atoms with Crippen LogP contribution in [0.4, 0.5) is 4.39 Å². The molecule has 0 aromatic carbocycles. The standard InChI is InChI=1S/C10H17FO3/c1-3-5-6-8(11)9(12)7-10(13)14-4-2/h8H,3-7H2,1-2H3. The van der Waals surface area contributed by atoms with Crippen molar-refractivity contribution >= 4 is 11.8 Å². The first kappa shape index (κ1) is 13.1. The van der Waals surface area contributed by atoms with Crippen LogP contribution in [-0.2, 0) is 14.3 Å². The second kappa shape index (κ2) is 7.47. The number of hydrogen-bond donors (Lipinski definition) is 0. The number of ketones is 1. The molecule has 0 radical (unpaired) electrons. The molecular weight excluding hydrogens is 187 g/mol. The van der Waals surface area contributed by atoms with Gasteiger partial charge in [-0.3, -0.25) is 9.59 Å². The maximum atomic E-state index is 13.0. The maximum absolute atomic E-state index is 13.0. The predicted molar refractivity (Wildman–Crippen MR) is 50.7 cm³/mol. The summed E-state index contributed by atoms with van der Waals surface area (Å²) in [4.78, 5) is 21.9. The van der Waals surface area contributed by atoms with Crippen molar-refractivity contribution in [3.63, 3.8) is 0 Å². The fourth-order valence-electron chi connectivity index (χ4n) is 1.01. The minimum Gasteiger partial charge on any atom is -0.466 e. The molecule has 0 aliphatic heterocycles. The number of alkyl halides is 1. The van der Waals surface area contributed by atoms with Crippen LogP contribution in [0.1, 0.15) is 39.5 Å². The van der Waals surface area contributed by atoms with Gasteiger partial charge in [-0.1, -0.05) is 19.8 Å². The van der Waals surface area contributed by atoms with E-state index in [4.69, 9.17) is 0 Å². The smallest absolute Gasteiger partial charge is 0.313 e. The summed E-state index contributed by atoms with van der Waals surface area (Å²) in [5.41, 5.74) is 0. The van der Waals surface area contributed by atoms with Crippen LogP contribution in [-0.4, -0.2) is 24.5 Å². The fraction of sp³-hybridized carbons (Fsp3) is 0.800. The molecule has 0 rings (SSSR count). The van der Waals surface area contributed by atoms with E-state index < -0.39 is 24.3 Å². The lowest BCUT2D eigenvalue weighted by molar-refractivity contribution is -0.146. The zero-order valence-electron chi connectivity index (χ0n) is 8.72. The van der Waals surface area contributed by atoms with Crippen molar-refractivity contribution in [1.29, 1.82) is 0 Å². The molecule has 4 heteroatoms. The lowest BCUT2D eigenvalue weighted by atomic mass is 10.1. The molecule has 0 saturated carbocycles. The van der Waals surface area contributed by atoms with Crippen molar-refractivity contribution in [3.05, 3.63) is 0 Å². The van der Waals surface area contributed by atoms with Crippen molar-refractivity contribution in [2.75, 3.05) is 6.61 Å². The first-order valence-corrected chi connectivity index (χ1v) is 4.94. The lowest BCUT2D eigenvalue weighted by Gasteiger charge is -2.05. The second-order valence-corrected chi connectivity index (χ2v) is 3.06. The molecule has 0 aliphatic carbocycles. The quantitative estimate of drug-likeness (QED) is 0.471. The van der Waals surface area contributed by atoms with E-state index in [1.54, 1.807) is 6.92 Å². The summed E-state index contributed by atoms with van der Waals surface area (Å²) < 4.78 is 17.6. The predicted octanol–water partition coefficient (Wildman–Crippen LogP) is 2.04. The number of carbonyl (C=O) groups excluding carboxylic acids is 2. The molecule has 0 spiro atoms. The summed E-state index contributed by atoms with van der Waals surface area (Å²) in [5.74, 6) is -1.31. The average Bonchev–Trinajstić information content (AvgIpc) is 2.14. The fourth-order valence-corrected chi connectivity index (χ4v) is 1.01. The van der Waals surface area contributed by atoms with Gasteiger partial charge in [0.15, 0.2) is 12.0 Å². The van der Waals surface area contributed by atoms with Crippen LogP contribution in [0.25, 0.3) is 0 Å². The number of halogens is 1. The SMILES string of the molecule is CCCCC(F)C(=O)CC(=O)OCC. The van der Waals surface area contributed by atoms with Crippen molar-refractivity contribution in [1.82, 2.24) is 0 Å². The van der Waals surface area contributed by atoms with Gasteiger partial charge in [0.1, 0.15) is 6.42 Å². The van der Waals surface area contributed by atoms with Gasteiger partial charge in [0, 0.05) is 0 Å². The molecular formula is C10H17FO3. The minimum absolute atomic E-state index is 0.203. The van der Waals surface area contributed by atoms with Crippen molar-refractivity contribution < 1.29 is 18.7 Å². The van der Waals surface area contributed by atoms with E-state index in [2.05, 4.69) is 4.74 Å². The number of hydrogen-bond acceptors (Lipinski definition) is 3. The van der Waals surface area contributed by atoms with Gasteiger partial charge < -0.3 is 4.74 Å². The van der Waals surface area contributed by atoms with Gasteiger partial charge in [-0.15, -0.1) is 0 Å². The topological polar surface area (TPSA) is 43.4 Å².